The largest absolute Gasteiger partial charge is 0.493 e. The molecule has 5 nitrogen and oxygen atoms in total. The topological polar surface area (TPSA) is 97.3 Å². The minimum atomic E-state index is -1.10. The lowest BCUT2D eigenvalue weighted by molar-refractivity contribution is 0.0216. The third-order valence-corrected chi connectivity index (χ3v) is 2.37. The van der Waals surface area contributed by atoms with E-state index in [-0.39, 0.29) is 6.42 Å². The van der Waals surface area contributed by atoms with E-state index in [9.17, 15) is 10.2 Å². The number of hydrogen-bond donors (Lipinski definition) is 2. The Morgan fingerprint density at radius 3 is 2.33 bits per heavy atom. The Hall–Kier alpha value is -2.08. The zero-order valence-electron chi connectivity index (χ0n) is 9.78. The van der Waals surface area contributed by atoms with E-state index in [1.165, 1.54) is 0 Å². The van der Waals surface area contributed by atoms with Crippen LogP contribution >= 0.6 is 0 Å². The van der Waals surface area contributed by atoms with Crippen molar-refractivity contribution in [3.05, 3.63) is 29.8 Å². The highest BCUT2D eigenvalue weighted by atomic mass is 16.5. The maximum Gasteiger partial charge on any atom is 0.119 e. The highest BCUT2D eigenvalue weighted by molar-refractivity contribution is 5.29. The van der Waals surface area contributed by atoms with Crippen LogP contribution in [0.2, 0.25) is 0 Å². The van der Waals surface area contributed by atoms with E-state index in [2.05, 4.69) is 0 Å². The van der Waals surface area contributed by atoms with Crippen molar-refractivity contribution in [1.29, 1.82) is 10.5 Å². The summed E-state index contributed by atoms with van der Waals surface area (Å²) in [6, 6.07) is 10.3. The summed E-state index contributed by atoms with van der Waals surface area (Å²) in [6.07, 6.45) is -1.99. The summed E-state index contributed by atoms with van der Waals surface area (Å²) in [5, 5.41) is 36.0. The fourth-order valence-corrected chi connectivity index (χ4v) is 1.40. The molecule has 0 amide bonds. The molecular formula is C13H14N2O3. The molecule has 0 saturated carbocycles. The molecule has 0 aliphatic heterocycles. The number of nitrogens with zero attached hydrogens (tertiary/aromatic N) is 2. The summed E-state index contributed by atoms with van der Waals surface area (Å²) >= 11 is 0. The van der Waals surface area contributed by atoms with E-state index in [4.69, 9.17) is 15.3 Å². The molecule has 18 heavy (non-hydrogen) atoms. The van der Waals surface area contributed by atoms with E-state index in [0.717, 1.165) is 0 Å². The maximum atomic E-state index is 9.74. The fourth-order valence-electron chi connectivity index (χ4n) is 1.40. The van der Waals surface area contributed by atoms with Crippen LogP contribution in [0.3, 0.4) is 0 Å². The number of ether oxygens (including phenoxy) is 1. The predicted octanol–water partition coefficient (Wildman–Crippen LogP) is 1.29. The molecule has 0 bridgehead atoms. The van der Waals surface area contributed by atoms with Gasteiger partial charge in [0.2, 0.25) is 0 Å². The van der Waals surface area contributed by atoms with E-state index >= 15 is 0 Å². The fraction of sp³-hybridized carbons (Fsp3) is 0.385. The van der Waals surface area contributed by atoms with Crippen molar-refractivity contribution in [2.45, 2.75) is 25.0 Å². The molecule has 0 radical (unpaired) electrons. The zero-order valence-corrected chi connectivity index (χ0v) is 9.78. The number of rotatable bonds is 6. The van der Waals surface area contributed by atoms with Crippen LogP contribution in [0.25, 0.3) is 0 Å². The lowest BCUT2D eigenvalue weighted by Crippen LogP contribution is -2.17. The molecule has 1 rings (SSSR count). The van der Waals surface area contributed by atoms with Crippen molar-refractivity contribution in [2.75, 3.05) is 6.61 Å². The maximum absolute atomic E-state index is 9.74. The van der Waals surface area contributed by atoms with Crippen molar-refractivity contribution in [3.63, 3.8) is 0 Å². The summed E-state index contributed by atoms with van der Waals surface area (Å²) in [5.74, 6) is 0.593. The summed E-state index contributed by atoms with van der Waals surface area (Å²) in [6.45, 7) is 0.315. The number of aliphatic hydroxyl groups is 2. The summed E-state index contributed by atoms with van der Waals surface area (Å²) in [4.78, 5) is 0. The van der Waals surface area contributed by atoms with Crippen LogP contribution in [0.4, 0.5) is 0 Å². The molecule has 0 heterocycles. The quantitative estimate of drug-likeness (QED) is 0.737. The molecular weight excluding hydrogens is 232 g/mol. The molecule has 94 valence electrons. The summed E-state index contributed by atoms with van der Waals surface area (Å²) in [5.41, 5.74) is 0.519. The predicted molar refractivity (Wildman–Crippen MR) is 63.4 cm³/mol. The minimum Gasteiger partial charge on any atom is -0.493 e. The smallest absolute Gasteiger partial charge is 0.119 e. The highest BCUT2D eigenvalue weighted by Crippen LogP contribution is 2.21. The van der Waals surface area contributed by atoms with E-state index in [1.54, 1.807) is 30.3 Å². The van der Waals surface area contributed by atoms with Gasteiger partial charge in [-0.1, -0.05) is 12.1 Å². The molecule has 1 aromatic rings. The van der Waals surface area contributed by atoms with Gasteiger partial charge in [0.05, 0.1) is 31.1 Å². The van der Waals surface area contributed by atoms with Crippen molar-refractivity contribution in [3.8, 4) is 17.9 Å². The van der Waals surface area contributed by atoms with Crippen LogP contribution in [0.1, 0.15) is 24.5 Å². The standard InChI is InChI=1S/C13H14N2O3/c14-7-1-9-18-11-4-2-10(3-5-11)13(17)12(16)6-8-15/h2-5,12-13,16-17H,1,6,9H2/t12-,13-/m1/s1. The van der Waals surface area contributed by atoms with Crippen LogP contribution in [0.5, 0.6) is 5.75 Å². The first kappa shape index (κ1) is 14.0. The molecule has 1 aromatic carbocycles. The van der Waals surface area contributed by atoms with Crippen molar-refractivity contribution < 1.29 is 14.9 Å². The molecule has 0 saturated heterocycles. The van der Waals surface area contributed by atoms with Crippen LogP contribution in [-0.4, -0.2) is 22.9 Å². The molecule has 0 fully saturated rings. The average Bonchev–Trinajstić information content (AvgIpc) is 2.39. The second-order valence-corrected chi connectivity index (χ2v) is 3.70. The lowest BCUT2D eigenvalue weighted by Gasteiger charge is -2.15. The number of benzene rings is 1. The molecule has 0 aliphatic carbocycles. The Kier molecular flexibility index (Phi) is 5.66. The van der Waals surface area contributed by atoms with Gasteiger partial charge in [0.15, 0.2) is 0 Å². The van der Waals surface area contributed by atoms with Crippen LogP contribution in [-0.2, 0) is 0 Å². The van der Waals surface area contributed by atoms with Gasteiger partial charge in [-0.3, -0.25) is 0 Å². The molecule has 0 aliphatic rings. The van der Waals surface area contributed by atoms with E-state index < -0.39 is 12.2 Å². The van der Waals surface area contributed by atoms with Gasteiger partial charge in [0.25, 0.3) is 0 Å². The van der Waals surface area contributed by atoms with Gasteiger partial charge < -0.3 is 14.9 Å². The Morgan fingerprint density at radius 1 is 1.11 bits per heavy atom. The van der Waals surface area contributed by atoms with Gasteiger partial charge in [-0.15, -0.1) is 0 Å². The number of nitriles is 2. The second kappa shape index (κ2) is 7.29. The van der Waals surface area contributed by atoms with Gasteiger partial charge >= 0.3 is 0 Å². The van der Waals surface area contributed by atoms with Gasteiger partial charge in [-0.2, -0.15) is 10.5 Å². The van der Waals surface area contributed by atoms with Gasteiger partial charge in [0.1, 0.15) is 18.5 Å². The first-order valence-electron chi connectivity index (χ1n) is 5.52. The number of aliphatic hydroxyl groups excluding tert-OH is 2. The third-order valence-electron chi connectivity index (χ3n) is 2.37. The van der Waals surface area contributed by atoms with Gasteiger partial charge in [0, 0.05) is 0 Å². The van der Waals surface area contributed by atoms with Crippen molar-refractivity contribution >= 4 is 0 Å². The van der Waals surface area contributed by atoms with Crippen LogP contribution in [0, 0.1) is 22.7 Å². The Bertz CT molecular complexity index is 445. The molecule has 2 atom stereocenters. The van der Waals surface area contributed by atoms with E-state index in [0.29, 0.717) is 24.3 Å². The normalized spacial score (nSPS) is 13.1. The Morgan fingerprint density at radius 2 is 1.78 bits per heavy atom. The Balaban J connectivity index is 2.60. The summed E-state index contributed by atoms with van der Waals surface area (Å²) < 4.78 is 5.27. The van der Waals surface area contributed by atoms with Gasteiger partial charge in [-0.25, -0.2) is 0 Å². The lowest BCUT2D eigenvalue weighted by atomic mass is 10.0. The van der Waals surface area contributed by atoms with Crippen molar-refractivity contribution in [2.24, 2.45) is 0 Å². The van der Waals surface area contributed by atoms with Crippen LogP contribution in [0.15, 0.2) is 24.3 Å². The summed E-state index contributed by atoms with van der Waals surface area (Å²) in [7, 11) is 0. The zero-order chi connectivity index (χ0) is 13.4. The molecule has 0 aromatic heterocycles. The Labute approximate surface area is 105 Å². The van der Waals surface area contributed by atoms with E-state index in [1.807, 2.05) is 6.07 Å². The molecule has 0 spiro atoms. The highest BCUT2D eigenvalue weighted by Gasteiger charge is 2.17. The first-order valence-corrected chi connectivity index (χ1v) is 5.52. The monoisotopic (exact) mass is 246 g/mol. The molecule has 5 heteroatoms. The van der Waals surface area contributed by atoms with Crippen molar-refractivity contribution in [1.82, 2.24) is 0 Å². The van der Waals surface area contributed by atoms with Gasteiger partial charge in [-0.05, 0) is 17.7 Å². The number of hydrogen-bond acceptors (Lipinski definition) is 5. The third kappa shape index (κ3) is 4.06. The molecule has 2 N–H and O–H groups in total. The second-order valence-electron chi connectivity index (χ2n) is 3.70. The first-order chi connectivity index (χ1) is 8.69. The minimum absolute atomic E-state index is 0.123. The van der Waals surface area contributed by atoms with Crippen LogP contribution < -0.4 is 4.74 Å². The average molecular weight is 246 g/mol. The molecule has 0 unspecified atom stereocenters. The SMILES string of the molecule is N#CCCOc1ccc([C@@H](O)[C@H](O)CC#N)cc1.